The van der Waals surface area contributed by atoms with Crippen LogP contribution >= 0.6 is 0 Å². The van der Waals surface area contributed by atoms with E-state index in [1.807, 2.05) is 18.2 Å². The molecule has 0 bridgehead atoms. The molecule has 1 aromatic carbocycles. The number of nitrogens with one attached hydrogen (secondary N) is 1. The highest BCUT2D eigenvalue weighted by molar-refractivity contribution is 5.91. The van der Waals surface area contributed by atoms with Crippen molar-refractivity contribution < 1.29 is 4.79 Å². The van der Waals surface area contributed by atoms with Gasteiger partial charge in [0.25, 0.3) is 5.91 Å². The summed E-state index contributed by atoms with van der Waals surface area (Å²) in [6.07, 6.45) is 0. The molecule has 0 fully saturated rings. The molecule has 0 spiro atoms. The van der Waals surface area contributed by atoms with E-state index in [-0.39, 0.29) is 5.91 Å². The van der Waals surface area contributed by atoms with Crippen LogP contribution in [0.2, 0.25) is 0 Å². The lowest BCUT2D eigenvalue weighted by Crippen LogP contribution is -2.16. The first-order chi connectivity index (χ1) is 6.70. The molecule has 14 heavy (non-hydrogen) atoms. The van der Waals surface area contributed by atoms with E-state index in [4.69, 9.17) is 0 Å². The Morgan fingerprint density at radius 1 is 1.36 bits per heavy atom. The average Bonchev–Trinajstić information content (AvgIpc) is 2.19. The zero-order chi connectivity index (χ0) is 10.4. The first kappa shape index (κ1) is 10.1. The van der Waals surface area contributed by atoms with Gasteiger partial charge in [-0.1, -0.05) is 30.0 Å². The van der Waals surface area contributed by atoms with Crippen molar-refractivity contribution in [2.45, 2.75) is 6.92 Å². The van der Waals surface area contributed by atoms with Gasteiger partial charge in [-0.15, -0.1) is 5.11 Å². The van der Waals surface area contributed by atoms with Gasteiger partial charge in [-0.2, -0.15) is 0 Å². The Hall–Kier alpha value is -1.97. The number of nitrogens with zero attached hydrogens (tertiary/aromatic N) is 2. The Labute approximate surface area is 82.3 Å². The fourth-order valence-electron chi connectivity index (χ4n) is 0.718. The van der Waals surface area contributed by atoms with Gasteiger partial charge in [0.2, 0.25) is 0 Å². The average molecular weight is 189 g/mol. The number of hydrogen-bond donors (Lipinski definition) is 1. The Bertz CT molecular complexity index is 357. The summed E-state index contributed by atoms with van der Waals surface area (Å²) in [5.41, 5.74) is 3.34. The van der Waals surface area contributed by atoms with Crippen LogP contribution in [-0.2, 0) is 4.79 Å². The summed E-state index contributed by atoms with van der Waals surface area (Å²) in [5, 5.41) is 7.31. The molecule has 4 nitrogen and oxygen atoms in total. The Morgan fingerprint density at radius 3 is 2.57 bits per heavy atom. The first-order valence-electron chi connectivity index (χ1n) is 4.12. The summed E-state index contributed by atoms with van der Waals surface area (Å²) in [4.78, 5) is 11.0. The van der Waals surface area contributed by atoms with Crippen LogP contribution in [0.25, 0.3) is 0 Å². The Balaban J connectivity index is 2.50. The minimum atomic E-state index is -0.329. The highest BCUT2D eigenvalue weighted by Crippen LogP contribution is 2.09. The molecule has 1 aromatic rings. The monoisotopic (exact) mass is 189 g/mol. The van der Waals surface area contributed by atoms with Gasteiger partial charge in [-0.25, -0.2) is 5.43 Å². The van der Waals surface area contributed by atoms with Gasteiger partial charge in [0.1, 0.15) is 0 Å². The maximum atomic E-state index is 11.0. The topological polar surface area (TPSA) is 53.8 Å². The molecular formula is C10H11N3O. The second kappa shape index (κ2) is 4.91. The third-order valence-corrected chi connectivity index (χ3v) is 1.46. The maximum absolute atomic E-state index is 11.0. The second-order valence-corrected chi connectivity index (χ2v) is 2.76. The van der Waals surface area contributed by atoms with Crippen molar-refractivity contribution in [3.8, 4) is 0 Å². The highest BCUT2D eigenvalue weighted by Gasteiger charge is 1.97. The zero-order valence-electron chi connectivity index (χ0n) is 7.90. The fourth-order valence-corrected chi connectivity index (χ4v) is 0.718. The predicted octanol–water partition coefficient (Wildman–Crippen LogP) is 2.38. The van der Waals surface area contributed by atoms with Gasteiger partial charge in [-0.05, 0) is 19.1 Å². The van der Waals surface area contributed by atoms with Gasteiger partial charge < -0.3 is 0 Å². The third-order valence-electron chi connectivity index (χ3n) is 1.46. The predicted molar refractivity (Wildman–Crippen MR) is 53.9 cm³/mol. The molecule has 4 heteroatoms. The van der Waals surface area contributed by atoms with Crippen LogP contribution in [0.5, 0.6) is 0 Å². The summed E-state index contributed by atoms with van der Waals surface area (Å²) in [7, 11) is 0. The molecule has 1 amide bonds. The van der Waals surface area contributed by atoms with Gasteiger partial charge in [0, 0.05) is 5.57 Å². The van der Waals surface area contributed by atoms with Gasteiger partial charge in [0.15, 0.2) is 0 Å². The van der Waals surface area contributed by atoms with E-state index in [1.165, 1.54) is 0 Å². The minimum Gasteiger partial charge on any atom is -0.268 e. The van der Waals surface area contributed by atoms with Crippen molar-refractivity contribution in [3.05, 3.63) is 42.5 Å². The van der Waals surface area contributed by atoms with Crippen molar-refractivity contribution in [2.75, 3.05) is 0 Å². The molecule has 1 rings (SSSR count). The summed E-state index contributed by atoms with van der Waals surface area (Å²) in [5.74, 6) is -0.329. The van der Waals surface area contributed by atoms with Crippen molar-refractivity contribution >= 4 is 11.6 Å². The van der Waals surface area contributed by atoms with E-state index in [1.54, 1.807) is 19.1 Å². The third kappa shape index (κ3) is 3.18. The molecule has 0 aliphatic heterocycles. The van der Waals surface area contributed by atoms with Crippen molar-refractivity contribution in [2.24, 2.45) is 10.3 Å². The molecular weight excluding hydrogens is 178 g/mol. The van der Waals surface area contributed by atoms with Crippen LogP contribution in [0.3, 0.4) is 0 Å². The van der Waals surface area contributed by atoms with Crippen LogP contribution < -0.4 is 5.43 Å². The number of benzene rings is 1. The number of rotatable bonds is 3. The highest BCUT2D eigenvalue weighted by atomic mass is 16.2. The Kier molecular flexibility index (Phi) is 3.55. The van der Waals surface area contributed by atoms with Gasteiger partial charge >= 0.3 is 0 Å². The zero-order valence-corrected chi connectivity index (χ0v) is 7.90. The summed E-state index contributed by atoms with van der Waals surface area (Å²) >= 11 is 0. The molecule has 0 unspecified atom stereocenters. The molecule has 0 saturated carbocycles. The molecule has 72 valence electrons. The molecule has 0 atom stereocenters. The smallest absolute Gasteiger partial charge is 0.267 e. The van der Waals surface area contributed by atoms with Gasteiger partial charge in [-0.3, -0.25) is 4.79 Å². The van der Waals surface area contributed by atoms with E-state index in [0.717, 1.165) is 0 Å². The maximum Gasteiger partial charge on any atom is 0.267 e. The van der Waals surface area contributed by atoms with Crippen molar-refractivity contribution in [1.29, 1.82) is 0 Å². The first-order valence-corrected chi connectivity index (χ1v) is 4.12. The number of amides is 1. The molecule has 0 heterocycles. The molecule has 0 saturated heterocycles. The standard InChI is InChI=1S/C10H11N3O/c1-8(2)10(14)12-13-11-9-6-4-3-5-7-9/h3-7H,1H2,2H3,(H,11,12,14). The Morgan fingerprint density at radius 2 is 2.00 bits per heavy atom. The summed E-state index contributed by atoms with van der Waals surface area (Å²) in [6.45, 7) is 5.07. The van der Waals surface area contributed by atoms with Crippen LogP contribution in [0.4, 0.5) is 5.69 Å². The summed E-state index contributed by atoms with van der Waals surface area (Å²) in [6, 6.07) is 9.14. The van der Waals surface area contributed by atoms with Crippen molar-refractivity contribution in [3.63, 3.8) is 0 Å². The number of carbonyl (C=O) groups is 1. The van der Waals surface area contributed by atoms with E-state index in [9.17, 15) is 4.79 Å². The van der Waals surface area contributed by atoms with E-state index in [2.05, 4.69) is 22.3 Å². The lowest BCUT2D eigenvalue weighted by atomic mass is 10.3. The van der Waals surface area contributed by atoms with Crippen LogP contribution in [0, 0.1) is 0 Å². The SMILES string of the molecule is C=C(C)C(=O)N/N=N/c1ccccc1. The largest absolute Gasteiger partial charge is 0.268 e. The fraction of sp³-hybridized carbons (Fsp3) is 0.100. The van der Waals surface area contributed by atoms with E-state index < -0.39 is 0 Å². The number of carbonyl (C=O) groups excluding carboxylic acids is 1. The van der Waals surface area contributed by atoms with E-state index in [0.29, 0.717) is 11.3 Å². The van der Waals surface area contributed by atoms with E-state index >= 15 is 0 Å². The molecule has 0 aliphatic carbocycles. The summed E-state index contributed by atoms with van der Waals surface area (Å²) < 4.78 is 0. The lowest BCUT2D eigenvalue weighted by molar-refractivity contribution is -0.117. The number of hydrogen-bond acceptors (Lipinski definition) is 3. The lowest BCUT2D eigenvalue weighted by Gasteiger charge is -1.94. The molecule has 0 aromatic heterocycles. The van der Waals surface area contributed by atoms with Crippen LogP contribution in [0.15, 0.2) is 52.8 Å². The molecule has 1 N–H and O–H groups in total. The van der Waals surface area contributed by atoms with Crippen LogP contribution in [-0.4, -0.2) is 5.91 Å². The minimum absolute atomic E-state index is 0.329. The van der Waals surface area contributed by atoms with Crippen molar-refractivity contribution in [1.82, 2.24) is 5.43 Å². The quantitative estimate of drug-likeness (QED) is 0.443. The second-order valence-electron chi connectivity index (χ2n) is 2.76. The molecule has 0 aliphatic rings. The van der Waals surface area contributed by atoms with Gasteiger partial charge in [0.05, 0.1) is 5.69 Å². The normalized spacial score (nSPS) is 10.1. The van der Waals surface area contributed by atoms with Crippen LogP contribution in [0.1, 0.15) is 6.92 Å². The molecule has 0 radical (unpaired) electrons.